The fraction of sp³-hybridized carbons (Fsp3) is 0. The van der Waals surface area contributed by atoms with Gasteiger partial charge in [-0.15, -0.1) is 0 Å². The van der Waals surface area contributed by atoms with E-state index in [4.69, 9.17) is 0 Å². The zero-order valence-electron chi connectivity index (χ0n) is 25.4. The van der Waals surface area contributed by atoms with E-state index >= 15 is 0 Å². The molecule has 3 aromatic heterocycles. The van der Waals surface area contributed by atoms with Gasteiger partial charge in [0.05, 0.1) is 16.0 Å². The minimum absolute atomic E-state index is 0.0312. The molecule has 0 atom stereocenters. The molecule has 0 aliphatic rings. The maximum Gasteiger partial charge on any atom is 0.295 e. The van der Waals surface area contributed by atoms with Crippen molar-refractivity contribution in [1.29, 1.82) is 0 Å². The van der Waals surface area contributed by atoms with E-state index in [9.17, 15) is 10.1 Å². The van der Waals surface area contributed by atoms with E-state index in [2.05, 4.69) is 118 Å². The Balaban J connectivity index is 0.000000126. The van der Waals surface area contributed by atoms with Crippen LogP contribution >= 0.6 is 7.92 Å². The van der Waals surface area contributed by atoms with E-state index < -0.39 is 12.8 Å². The van der Waals surface area contributed by atoms with Gasteiger partial charge in [-0.25, -0.2) is 4.98 Å². The summed E-state index contributed by atoms with van der Waals surface area (Å²) >= 11 is 0. The Labute approximate surface area is 274 Å². The molecule has 3 heterocycles. The minimum atomic E-state index is -0.446. The average molecular weight is 631 g/mol. The molecule has 8 rings (SSSR count). The van der Waals surface area contributed by atoms with Gasteiger partial charge in [-0.05, 0) is 48.1 Å². The molecule has 47 heavy (non-hydrogen) atoms. The molecule has 8 aromatic rings. The number of nitrogens with one attached hydrogen (secondary N) is 1. The van der Waals surface area contributed by atoms with Crippen molar-refractivity contribution >= 4 is 51.5 Å². The van der Waals surface area contributed by atoms with E-state index in [1.54, 1.807) is 24.4 Å². The number of nitro groups is 1. The van der Waals surface area contributed by atoms with Crippen LogP contribution in [0, 0.1) is 10.1 Å². The molecule has 0 fully saturated rings. The van der Waals surface area contributed by atoms with Crippen molar-refractivity contribution in [2.24, 2.45) is 0 Å². The third-order valence-corrected chi connectivity index (χ3v) is 9.78. The maximum atomic E-state index is 10.8. The standard InChI is InChI=1S/C18H15P.C11H8N2O2.C11H8N2/c1-4-10-16(11-5-1)19(17-12-6-2-7-13-17)18-14-8-3-9-15-18;14-13(15)10-7-4-8-12-11(10)9-5-2-1-3-6-9;1-2-5-9-8(4-1)11-10(13-9)6-3-7-12-11/h1-15H;1-8H;1-7,13H. The number of fused-ring (bicyclic) bond motifs is 3. The van der Waals surface area contributed by atoms with Gasteiger partial charge in [0.2, 0.25) is 0 Å². The SMILES string of the molecule is O=[N+]([O-])c1cccnc1-c1ccccc1.c1ccc(P(c2ccccc2)c2ccccc2)cc1.c1ccc2c(c1)[nH]c1cccnc12. The highest BCUT2D eigenvalue weighted by Crippen LogP contribution is 2.32. The largest absolute Gasteiger partial charge is 0.353 e. The lowest BCUT2D eigenvalue weighted by Crippen LogP contribution is -2.20. The monoisotopic (exact) mass is 630 g/mol. The first-order valence-electron chi connectivity index (χ1n) is 15.1. The van der Waals surface area contributed by atoms with E-state index in [0.29, 0.717) is 5.69 Å². The van der Waals surface area contributed by atoms with Crippen LogP contribution in [0.2, 0.25) is 0 Å². The Kier molecular flexibility index (Phi) is 10.1. The summed E-state index contributed by atoms with van der Waals surface area (Å²) in [6.45, 7) is 0. The van der Waals surface area contributed by atoms with Crippen molar-refractivity contribution in [2.75, 3.05) is 0 Å². The van der Waals surface area contributed by atoms with Crippen LogP contribution in [0.4, 0.5) is 5.69 Å². The highest BCUT2D eigenvalue weighted by atomic mass is 31.1. The number of pyridine rings is 2. The predicted octanol–water partition coefficient (Wildman–Crippen LogP) is 8.82. The van der Waals surface area contributed by atoms with E-state index in [1.807, 2.05) is 48.7 Å². The van der Waals surface area contributed by atoms with Crippen LogP contribution < -0.4 is 15.9 Å². The summed E-state index contributed by atoms with van der Waals surface area (Å²) < 4.78 is 0. The molecule has 0 unspecified atom stereocenters. The maximum absolute atomic E-state index is 10.8. The normalized spacial score (nSPS) is 10.5. The molecular formula is C40H31N4O2P. The Morgan fingerprint density at radius 3 is 1.55 bits per heavy atom. The molecule has 5 aromatic carbocycles. The van der Waals surface area contributed by atoms with Gasteiger partial charge in [0.1, 0.15) is 5.69 Å². The van der Waals surface area contributed by atoms with Crippen molar-refractivity contribution in [3.05, 3.63) is 192 Å². The molecule has 7 heteroatoms. The second kappa shape index (κ2) is 15.3. The molecule has 0 aliphatic heterocycles. The van der Waals surface area contributed by atoms with Crippen LogP contribution in [0.5, 0.6) is 0 Å². The number of H-pyrrole nitrogens is 1. The van der Waals surface area contributed by atoms with Crippen LogP contribution in [-0.4, -0.2) is 19.9 Å². The summed E-state index contributed by atoms with van der Waals surface area (Å²) in [6.07, 6.45) is 3.37. The lowest BCUT2D eigenvalue weighted by Gasteiger charge is -2.18. The van der Waals surface area contributed by atoms with Gasteiger partial charge in [-0.3, -0.25) is 15.1 Å². The van der Waals surface area contributed by atoms with E-state index in [-0.39, 0.29) is 5.69 Å². The quantitative estimate of drug-likeness (QED) is 0.117. The number of benzene rings is 5. The molecule has 0 amide bonds. The fourth-order valence-electron chi connectivity index (χ4n) is 5.21. The molecule has 228 valence electrons. The van der Waals surface area contributed by atoms with Gasteiger partial charge in [0.15, 0.2) is 0 Å². The summed E-state index contributed by atoms with van der Waals surface area (Å²) in [6, 6.07) is 56.6. The lowest BCUT2D eigenvalue weighted by atomic mass is 10.1. The predicted molar refractivity (Wildman–Crippen MR) is 195 cm³/mol. The second-order valence-corrected chi connectivity index (χ2v) is 12.6. The molecule has 0 aliphatic carbocycles. The Morgan fingerprint density at radius 2 is 0.979 bits per heavy atom. The van der Waals surface area contributed by atoms with Crippen LogP contribution in [-0.2, 0) is 0 Å². The number of nitrogens with zero attached hydrogens (tertiary/aromatic N) is 3. The zero-order chi connectivity index (χ0) is 32.3. The van der Waals surface area contributed by atoms with Crippen LogP contribution in [0.3, 0.4) is 0 Å². The van der Waals surface area contributed by atoms with E-state index in [1.165, 1.54) is 27.4 Å². The molecular weight excluding hydrogens is 599 g/mol. The summed E-state index contributed by atoms with van der Waals surface area (Å²) in [5.41, 5.74) is 4.50. The Bertz CT molecular complexity index is 2030. The summed E-state index contributed by atoms with van der Waals surface area (Å²) in [7, 11) is -0.446. The number of hydrogen-bond donors (Lipinski definition) is 1. The topological polar surface area (TPSA) is 84.7 Å². The molecule has 0 radical (unpaired) electrons. The first kappa shape index (κ1) is 31.0. The first-order valence-corrected chi connectivity index (χ1v) is 16.4. The smallest absolute Gasteiger partial charge is 0.295 e. The fourth-order valence-corrected chi connectivity index (χ4v) is 7.51. The zero-order valence-corrected chi connectivity index (χ0v) is 26.3. The van der Waals surface area contributed by atoms with Crippen molar-refractivity contribution < 1.29 is 4.92 Å². The highest BCUT2D eigenvalue weighted by Gasteiger charge is 2.16. The Hall–Kier alpha value is -5.97. The average Bonchev–Trinajstić information content (AvgIpc) is 3.53. The van der Waals surface area contributed by atoms with Gasteiger partial charge in [-0.1, -0.05) is 140 Å². The van der Waals surface area contributed by atoms with E-state index in [0.717, 1.165) is 22.1 Å². The summed E-state index contributed by atoms with van der Waals surface area (Å²) in [4.78, 5) is 22.0. The summed E-state index contributed by atoms with van der Waals surface area (Å²) in [5, 5.41) is 16.1. The van der Waals surface area contributed by atoms with Crippen LogP contribution in [0.15, 0.2) is 182 Å². The Morgan fingerprint density at radius 1 is 0.511 bits per heavy atom. The van der Waals surface area contributed by atoms with Crippen molar-refractivity contribution in [3.63, 3.8) is 0 Å². The van der Waals surface area contributed by atoms with Gasteiger partial charge in [0.25, 0.3) is 5.69 Å². The first-order chi connectivity index (χ1) is 23.2. The van der Waals surface area contributed by atoms with Gasteiger partial charge >= 0.3 is 0 Å². The lowest BCUT2D eigenvalue weighted by molar-refractivity contribution is -0.384. The number of para-hydroxylation sites is 1. The highest BCUT2D eigenvalue weighted by molar-refractivity contribution is 7.79. The van der Waals surface area contributed by atoms with Crippen molar-refractivity contribution in [2.45, 2.75) is 0 Å². The number of aromatic nitrogens is 3. The molecule has 6 nitrogen and oxygen atoms in total. The molecule has 1 N–H and O–H groups in total. The third kappa shape index (κ3) is 7.64. The van der Waals surface area contributed by atoms with Crippen LogP contribution in [0.1, 0.15) is 0 Å². The van der Waals surface area contributed by atoms with Crippen molar-refractivity contribution in [3.8, 4) is 11.3 Å². The minimum Gasteiger partial charge on any atom is -0.353 e. The molecule has 0 spiro atoms. The molecule has 0 saturated heterocycles. The van der Waals surface area contributed by atoms with Crippen LogP contribution in [0.25, 0.3) is 33.2 Å². The van der Waals surface area contributed by atoms with Crippen molar-refractivity contribution in [1.82, 2.24) is 15.0 Å². The summed E-state index contributed by atoms with van der Waals surface area (Å²) in [5.74, 6) is 0. The second-order valence-electron chi connectivity index (χ2n) is 10.4. The van der Waals surface area contributed by atoms with Gasteiger partial charge in [-0.2, -0.15) is 0 Å². The number of aromatic amines is 1. The number of rotatable bonds is 5. The number of hydrogen-bond acceptors (Lipinski definition) is 4. The van der Waals surface area contributed by atoms with Gasteiger partial charge < -0.3 is 4.98 Å². The van der Waals surface area contributed by atoms with Gasteiger partial charge in [0, 0.05) is 34.9 Å². The molecule has 0 bridgehead atoms. The third-order valence-electron chi connectivity index (χ3n) is 7.33. The molecule has 0 saturated carbocycles.